The van der Waals surface area contributed by atoms with Crippen LogP contribution >= 0.6 is 0 Å². The zero-order chi connectivity index (χ0) is 13.0. The fraction of sp³-hybridized carbons (Fsp3) is 0.571. The summed E-state index contributed by atoms with van der Waals surface area (Å²) in [5.41, 5.74) is 0.159. The smallest absolute Gasteiger partial charge is 0.129 e. The molecule has 0 aromatic heterocycles. The van der Waals surface area contributed by atoms with Crippen molar-refractivity contribution < 1.29 is 18.3 Å². The summed E-state index contributed by atoms with van der Waals surface area (Å²) in [5.74, 6) is -1.04. The van der Waals surface area contributed by atoms with Gasteiger partial charge in [0.25, 0.3) is 0 Å². The summed E-state index contributed by atoms with van der Waals surface area (Å²) in [6.45, 7) is 4.13. The third-order valence-corrected chi connectivity index (χ3v) is 3.53. The van der Waals surface area contributed by atoms with Crippen LogP contribution in [0.1, 0.15) is 25.3 Å². The molecule has 0 saturated carbocycles. The van der Waals surface area contributed by atoms with Crippen LogP contribution < -0.4 is 0 Å². The van der Waals surface area contributed by atoms with Gasteiger partial charge in [0.05, 0.1) is 6.61 Å². The van der Waals surface area contributed by atoms with Gasteiger partial charge in [0, 0.05) is 31.3 Å². The minimum absolute atomic E-state index is 0.383. The van der Waals surface area contributed by atoms with Gasteiger partial charge in [-0.2, -0.15) is 0 Å². The van der Waals surface area contributed by atoms with Crippen molar-refractivity contribution in [3.8, 4) is 0 Å². The van der Waals surface area contributed by atoms with Crippen molar-refractivity contribution >= 4 is 0 Å². The van der Waals surface area contributed by atoms with E-state index in [4.69, 9.17) is 9.47 Å². The fourth-order valence-electron chi connectivity index (χ4n) is 2.47. The van der Waals surface area contributed by atoms with Crippen LogP contribution in [0.3, 0.4) is 0 Å². The summed E-state index contributed by atoms with van der Waals surface area (Å²) in [6.07, 6.45) is 1.41. The molecule has 4 heteroatoms. The number of benzene rings is 1. The van der Waals surface area contributed by atoms with E-state index in [2.05, 4.69) is 0 Å². The van der Waals surface area contributed by atoms with Crippen molar-refractivity contribution in [3.63, 3.8) is 0 Å². The van der Waals surface area contributed by atoms with Gasteiger partial charge in [-0.05, 0) is 31.4 Å². The van der Waals surface area contributed by atoms with E-state index >= 15 is 0 Å². The lowest BCUT2D eigenvalue weighted by Crippen LogP contribution is -2.39. The lowest BCUT2D eigenvalue weighted by Gasteiger charge is -2.37. The normalized spacial score (nSPS) is 18.8. The molecule has 1 saturated heterocycles. The molecule has 1 aliphatic heterocycles. The highest BCUT2D eigenvalue weighted by molar-refractivity contribution is 5.28. The highest BCUT2D eigenvalue weighted by atomic mass is 19.1. The van der Waals surface area contributed by atoms with E-state index in [9.17, 15) is 8.78 Å². The number of ether oxygens (including phenoxy) is 2. The van der Waals surface area contributed by atoms with Gasteiger partial charge in [-0.3, -0.25) is 0 Å². The monoisotopic (exact) mass is 256 g/mol. The Bertz CT molecular complexity index is 401. The van der Waals surface area contributed by atoms with Gasteiger partial charge in [0.1, 0.15) is 11.6 Å². The quantitative estimate of drug-likeness (QED) is 0.824. The molecule has 0 bridgehead atoms. The Morgan fingerprint density at radius 2 is 2.00 bits per heavy atom. The molecule has 18 heavy (non-hydrogen) atoms. The van der Waals surface area contributed by atoms with Crippen LogP contribution in [-0.4, -0.2) is 26.4 Å². The third kappa shape index (κ3) is 2.70. The average molecular weight is 256 g/mol. The Kier molecular flexibility index (Phi) is 4.30. The maximum Gasteiger partial charge on any atom is 0.129 e. The van der Waals surface area contributed by atoms with Crippen LogP contribution in [0.4, 0.5) is 8.78 Å². The summed E-state index contributed by atoms with van der Waals surface area (Å²) >= 11 is 0. The fourth-order valence-corrected chi connectivity index (χ4v) is 2.47. The van der Waals surface area contributed by atoms with Gasteiger partial charge >= 0.3 is 0 Å². The van der Waals surface area contributed by atoms with Gasteiger partial charge in [-0.1, -0.05) is 6.07 Å². The lowest BCUT2D eigenvalue weighted by atomic mass is 9.74. The Labute approximate surface area is 106 Å². The van der Waals surface area contributed by atoms with Crippen LogP contribution in [0.2, 0.25) is 0 Å². The van der Waals surface area contributed by atoms with Crippen LogP contribution in [0.15, 0.2) is 18.2 Å². The molecule has 1 heterocycles. The zero-order valence-corrected chi connectivity index (χ0v) is 10.5. The molecule has 1 aromatic rings. The van der Waals surface area contributed by atoms with E-state index in [1.807, 2.05) is 6.92 Å². The SMILES string of the molecule is CCOCC1(c2ccc(F)cc2F)CCOCC1. The van der Waals surface area contributed by atoms with E-state index in [-0.39, 0.29) is 5.41 Å². The van der Waals surface area contributed by atoms with Gasteiger partial charge in [-0.25, -0.2) is 8.78 Å². The first-order valence-electron chi connectivity index (χ1n) is 6.29. The predicted molar refractivity (Wildman–Crippen MR) is 64.6 cm³/mol. The highest BCUT2D eigenvalue weighted by Crippen LogP contribution is 2.36. The second-order valence-electron chi connectivity index (χ2n) is 4.65. The maximum atomic E-state index is 14.0. The van der Waals surface area contributed by atoms with Gasteiger partial charge in [0.2, 0.25) is 0 Å². The standard InChI is InChI=1S/C14H18F2O2/c1-2-17-10-14(5-7-18-8-6-14)12-4-3-11(15)9-13(12)16/h3-4,9H,2,5-8,10H2,1H3. The van der Waals surface area contributed by atoms with Gasteiger partial charge in [-0.15, -0.1) is 0 Å². The largest absolute Gasteiger partial charge is 0.381 e. The summed E-state index contributed by atoms with van der Waals surface area (Å²) in [7, 11) is 0. The summed E-state index contributed by atoms with van der Waals surface area (Å²) in [4.78, 5) is 0. The molecule has 0 amide bonds. The van der Waals surface area contributed by atoms with E-state index in [1.54, 1.807) is 0 Å². The second-order valence-corrected chi connectivity index (χ2v) is 4.65. The van der Waals surface area contributed by atoms with Crippen molar-refractivity contribution in [1.29, 1.82) is 0 Å². The lowest BCUT2D eigenvalue weighted by molar-refractivity contribution is 0.00198. The first-order valence-corrected chi connectivity index (χ1v) is 6.29. The number of rotatable bonds is 4. The molecule has 2 rings (SSSR count). The van der Waals surface area contributed by atoms with Crippen molar-refractivity contribution in [2.45, 2.75) is 25.2 Å². The second kappa shape index (κ2) is 5.76. The third-order valence-electron chi connectivity index (χ3n) is 3.53. The number of hydrogen-bond donors (Lipinski definition) is 0. The molecule has 0 N–H and O–H groups in total. The van der Waals surface area contributed by atoms with Crippen LogP contribution in [-0.2, 0) is 14.9 Å². The van der Waals surface area contributed by atoms with Gasteiger partial charge < -0.3 is 9.47 Å². The number of halogens is 2. The van der Waals surface area contributed by atoms with Crippen LogP contribution in [0.5, 0.6) is 0 Å². The van der Waals surface area contributed by atoms with E-state index < -0.39 is 11.6 Å². The van der Waals surface area contributed by atoms with E-state index in [0.717, 1.165) is 6.07 Å². The highest BCUT2D eigenvalue weighted by Gasteiger charge is 2.37. The molecular weight excluding hydrogens is 238 g/mol. The topological polar surface area (TPSA) is 18.5 Å². The Balaban J connectivity index is 2.32. The minimum atomic E-state index is -0.546. The molecule has 0 atom stereocenters. The molecule has 100 valence electrons. The summed E-state index contributed by atoms with van der Waals surface area (Å²) in [5, 5.41) is 0. The Hall–Kier alpha value is -1.00. The van der Waals surface area contributed by atoms with Gasteiger partial charge in [0.15, 0.2) is 0 Å². The zero-order valence-electron chi connectivity index (χ0n) is 10.5. The van der Waals surface area contributed by atoms with Crippen molar-refractivity contribution in [3.05, 3.63) is 35.4 Å². The summed E-state index contributed by atoms with van der Waals surface area (Å²) < 4.78 is 37.8. The molecule has 1 aliphatic rings. The first-order chi connectivity index (χ1) is 8.68. The molecule has 1 fully saturated rings. The molecule has 0 radical (unpaired) electrons. The van der Waals surface area contributed by atoms with Crippen molar-refractivity contribution in [1.82, 2.24) is 0 Å². The Morgan fingerprint density at radius 1 is 1.28 bits per heavy atom. The molecule has 1 aromatic carbocycles. The molecule has 2 nitrogen and oxygen atoms in total. The van der Waals surface area contributed by atoms with Crippen LogP contribution in [0.25, 0.3) is 0 Å². The number of hydrogen-bond acceptors (Lipinski definition) is 2. The van der Waals surface area contributed by atoms with E-state index in [0.29, 0.717) is 44.8 Å². The molecule has 0 spiro atoms. The maximum absolute atomic E-state index is 14.0. The summed E-state index contributed by atoms with van der Waals surface area (Å²) in [6, 6.07) is 3.79. The molecular formula is C14H18F2O2. The minimum Gasteiger partial charge on any atom is -0.381 e. The first kappa shape index (κ1) is 13.4. The molecule has 0 unspecified atom stereocenters. The molecule has 0 aliphatic carbocycles. The average Bonchev–Trinajstić information content (AvgIpc) is 2.37. The van der Waals surface area contributed by atoms with E-state index in [1.165, 1.54) is 12.1 Å². The Morgan fingerprint density at radius 3 is 2.61 bits per heavy atom. The van der Waals surface area contributed by atoms with Crippen LogP contribution in [0, 0.1) is 11.6 Å². The predicted octanol–water partition coefficient (Wildman–Crippen LogP) is 3.05. The van der Waals surface area contributed by atoms with Crippen molar-refractivity contribution in [2.75, 3.05) is 26.4 Å². The van der Waals surface area contributed by atoms with Crippen molar-refractivity contribution in [2.24, 2.45) is 0 Å².